The molecule has 2 rings (SSSR count). The number of thiazole rings is 1. The molecule has 8 heteroatoms. The van der Waals surface area contributed by atoms with E-state index >= 15 is 0 Å². The van der Waals surface area contributed by atoms with Crippen molar-refractivity contribution in [3.8, 4) is 0 Å². The van der Waals surface area contributed by atoms with E-state index in [4.69, 9.17) is 5.73 Å². The number of primary amides is 1. The van der Waals surface area contributed by atoms with Gasteiger partial charge < -0.3 is 10.8 Å². The summed E-state index contributed by atoms with van der Waals surface area (Å²) >= 11 is 1.62. The van der Waals surface area contributed by atoms with Crippen LogP contribution in [0.25, 0.3) is 0 Å². The minimum atomic E-state index is -0.494. The van der Waals surface area contributed by atoms with E-state index in [2.05, 4.69) is 15.1 Å². The third-order valence-electron chi connectivity index (χ3n) is 3.30. The normalized spacial score (nSPS) is 12.5. The Hall–Kier alpha value is -1.80. The average Bonchev–Trinajstić information content (AvgIpc) is 2.93. The summed E-state index contributed by atoms with van der Waals surface area (Å²) < 4.78 is 1.67. The number of carbonyl (C=O) groups excluding carboxylic acids is 1. The smallest absolute Gasteiger partial charge is 0.225 e. The van der Waals surface area contributed by atoms with Crippen molar-refractivity contribution in [1.29, 1.82) is 0 Å². The molecule has 7 nitrogen and oxygen atoms in total. The number of aromatic nitrogens is 4. The van der Waals surface area contributed by atoms with E-state index in [0.29, 0.717) is 25.2 Å². The molecule has 0 saturated heterocycles. The highest BCUT2D eigenvalue weighted by atomic mass is 32.1. The third kappa shape index (κ3) is 4.11. The number of aliphatic hydroxyl groups is 1. The fraction of sp³-hybridized carbons (Fsp3) is 0.571. The van der Waals surface area contributed by atoms with Gasteiger partial charge in [-0.3, -0.25) is 4.79 Å². The topological polar surface area (TPSA) is 107 Å². The molecule has 2 heterocycles. The number of nitrogens with zero attached hydrogens (tertiary/aromatic N) is 4. The third-order valence-corrected chi connectivity index (χ3v) is 4.37. The van der Waals surface area contributed by atoms with Crippen molar-refractivity contribution in [3.63, 3.8) is 0 Å². The number of aliphatic hydroxyl groups excluding tert-OH is 1. The minimum Gasteiger partial charge on any atom is -0.391 e. The van der Waals surface area contributed by atoms with Crippen LogP contribution in [0.15, 0.2) is 0 Å². The highest BCUT2D eigenvalue weighted by Crippen LogP contribution is 2.20. The van der Waals surface area contributed by atoms with Crippen LogP contribution in [0.5, 0.6) is 0 Å². The standard InChI is InChI=1S/C14H21N5O2S/c1-4-10(20)7-19-14(17-13(18-19)6-12(15)21)5-11-8(2)16-9(3)22-11/h10,20H,4-7H2,1-3H3,(H2,15,21)/t10-/m0/s1. The lowest BCUT2D eigenvalue weighted by Crippen LogP contribution is -2.18. The van der Waals surface area contributed by atoms with Crippen molar-refractivity contribution < 1.29 is 9.90 Å². The lowest BCUT2D eigenvalue weighted by atomic mass is 10.2. The van der Waals surface area contributed by atoms with E-state index in [9.17, 15) is 9.90 Å². The highest BCUT2D eigenvalue weighted by molar-refractivity contribution is 7.11. The van der Waals surface area contributed by atoms with Crippen molar-refractivity contribution in [2.45, 2.75) is 52.7 Å². The molecule has 0 saturated carbocycles. The van der Waals surface area contributed by atoms with E-state index in [0.717, 1.165) is 21.4 Å². The molecule has 0 aromatic carbocycles. The van der Waals surface area contributed by atoms with Gasteiger partial charge in [-0.2, -0.15) is 5.10 Å². The molecule has 0 radical (unpaired) electrons. The molecule has 3 N–H and O–H groups in total. The highest BCUT2D eigenvalue weighted by Gasteiger charge is 2.16. The van der Waals surface area contributed by atoms with Crippen LogP contribution in [0, 0.1) is 13.8 Å². The van der Waals surface area contributed by atoms with Crippen LogP contribution < -0.4 is 5.73 Å². The summed E-state index contributed by atoms with van der Waals surface area (Å²) in [6.45, 7) is 6.19. The number of hydrogen-bond acceptors (Lipinski definition) is 6. The lowest BCUT2D eigenvalue weighted by Gasteiger charge is -2.09. The van der Waals surface area contributed by atoms with Crippen LogP contribution in [0.1, 0.15) is 40.6 Å². The number of rotatable bonds is 7. The molecule has 0 bridgehead atoms. The second-order valence-corrected chi connectivity index (χ2v) is 6.54. The number of aryl methyl sites for hydroxylation is 2. The quantitative estimate of drug-likeness (QED) is 0.781. The van der Waals surface area contributed by atoms with Gasteiger partial charge in [0.2, 0.25) is 5.91 Å². The number of nitrogens with two attached hydrogens (primary N) is 1. The second-order valence-electron chi connectivity index (χ2n) is 5.25. The summed E-state index contributed by atoms with van der Waals surface area (Å²) in [5, 5.41) is 15.2. The summed E-state index contributed by atoms with van der Waals surface area (Å²) in [6.07, 6.45) is 0.720. The number of hydrogen-bond donors (Lipinski definition) is 2. The summed E-state index contributed by atoms with van der Waals surface area (Å²) in [6, 6.07) is 0. The second kappa shape index (κ2) is 6.97. The Morgan fingerprint density at radius 2 is 2.14 bits per heavy atom. The fourth-order valence-electron chi connectivity index (χ4n) is 2.14. The van der Waals surface area contributed by atoms with E-state index in [-0.39, 0.29) is 6.42 Å². The number of amides is 1. The molecule has 120 valence electrons. The van der Waals surface area contributed by atoms with Gasteiger partial charge in [-0.1, -0.05) is 6.92 Å². The molecule has 2 aromatic heterocycles. The van der Waals surface area contributed by atoms with Crippen LogP contribution in [-0.4, -0.2) is 36.9 Å². The maximum atomic E-state index is 11.1. The predicted octanol–water partition coefficient (Wildman–Crippen LogP) is 0.741. The van der Waals surface area contributed by atoms with E-state index in [1.165, 1.54) is 0 Å². The van der Waals surface area contributed by atoms with Crippen molar-refractivity contribution in [2.75, 3.05) is 0 Å². The molecule has 0 aliphatic rings. The minimum absolute atomic E-state index is 0.00290. The Morgan fingerprint density at radius 3 is 2.68 bits per heavy atom. The summed E-state index contributed by atoms with van der Waals surface area (Å²) in [7, 11) is 0. The Bertz CT molecular complexity index is 664. The molecule has 0 unspecified atom stereocenters. The molecule has 0 fully saturated rings. The molecule has 22 heavy (non-hydrogen) atoms. The van der Waals surface area contributed by atoms with E-state index in [1.54, 1.807) is 16.0 Å². The molecule has 0 aliphatic heterocycles. The Labute approximate surface area is 133 Å². The van der Waals surface area contributed by atoms with Gasteiger partial charge in [0.05, 0.1) is 29.8 Å². The van der Waals surface area contributed by atoms with Crippen LogP contribution in [-0.2, 0) is 24.2 Å². The van der Waals surface area contributed by atoms with Crippen molar-refractivity contribution in [1.82, 2.24) is 19.7 Å². The van der Waals surface area contributed by atoms with E-state index < -0.39 is 12.0 Å². The van der Waals surface area contributed by atoms with Gasteiger partial charge in [0, 0.05) is 11.3 Å². The first-order valence-corrected chi connectivity index (χ1v) is 8.02. The Morgan fingerprint density at radius 1 is 1.41 bits per heavy atom. The van der Waals surface area contributed by atoms with Crippen LogP contribution in [0.4, 0.5) is 0 Å². The Balaban J connectivity index is 2.28. The van der Waals surface area contributed by atoms with Crippen LogP contribution in [0.2, 0.25) is 0 Å². The van der Waals surface area contributed by atoms with Crippen molar-refractivity contribution in [3.05, 3.63) is 27.2 Å². The van der Waals surface area contributed by atoms with Gasteiger partial charge >= 0.3 is 0 Å². The van der Waals surface area contributed by atoms with Gasteiger partial charge in [0.1, 0.15) is 5.82 Å². The first-order valence-electron chi connectivity index (χ1n) is 7.20. The number of carbonyl (C=O) groups is 1. The van der Waals surface area contributed by atoms with Gasteiger partial charge in [0.25, 0.3) is 0 Å². The summed E-state index contributed by atoms with van der Waals surface area (Å²) in [5.41, 5.74) is 6.18. The van der Waals surface area contributed by atoms with Gasteiger partial charge in [-0.05, 0) is 20.3 Å². The maximum Gasteiger partial charge on any atom is 0.225 e. The lowest BCUT2D eigenvalue weighted by molar-refractivity contribution is -0.117. The first kappa shape index (κ1) is 16.6. The zero-order valence-electron chi connectivity index (χ0n) is 13.0. The molecule has 0 aliphatic carbocycles. The predicted molar refractivity (Wildman–Crippen MR) is 83.6 cm³/mol. The van der Waals surface area contributed by atoms with E-state index in [1.807, 2.05) is 20.8 Å². The van der Waals surface area contributed by atoms with Crippen molar-refractivity contribution >= 4 is 17.2 Å². The molecule has 2 aromatic rings. The zero-order chi connectivity index (χ0) is 16.3. The largest absolute Gasteiger partial charge is 0.391 e. The zero-order valence-corrected chi connectivity index (χ0v) is 13.9. The SMILES string of the molecule is CC[C@H](O)Cn1nc(CC(N)=O)nc1Cc1sc(C)nc1C. The molecular formula is C14H21N5O2S. The van der Waals surface area contributed by atoms with Crippen molar-refractivity contribution in [2.24, 2.45) is 5.73 Å². The van der Waals surface area contributed by atoms with Crippen LogP contribution >= 0.6 is 11.3 Å². The fourth-order valence-corrected chi connectivity index (χ4v) is 3.08. The Kier molecular flexibility index (Phi) is 5.25. The molecule has 1 atom stereocenters. The monoisotopic (exact) mass is 323 g/mol. The molecular weight excluding hydrogens is 302 g/mol. The van der Waals surface area contributed by atoms with Gasteiger partial charge in [-0.25, -0.2) is 14.6 Å². The summed E-state index contributed by atoms with van der Waals surface area (Å²) in [5.74, 6) is 0.643. The summed E-state index contributed by atoms with van der Waals surface area (Å²) in [4.78, 5) is 21.0. The van der Waals surface area contributed by atoms with Gasteiger partial charge in [0.15, 0.2) is 5.82 Å². The van der Waals surface area contributed by atoms with Gasteiger partial charge in [-0.15, -0.1) is 11.3 Å². The first-order chi connectivity index (χ1) is 10.4. The maximum absolute atomic E-state index is 11.1. The molecule has 1 amide bonds. The molecule has 0 spiro atoms. The average molecular weight is 323 g/mol. The van der Waals surface area contributed by atoms with Crippen LogP contribution in [0.3, 0.4) is 0 Å².